The highest BCUT2D eigenvalue weighted by molar-refractivity contribution is 5.20. The molecule has 0 saturated heterocycles. The van der Waals surface area contributed by atoms with E-state index < -0.39 is 0 Å². The van der Waals surface area contributed by atoms with E-state index in [0.717, 1.165) is 13.1 Å². The van der Waals surface area contributed by atoms with Gasteiger partial charge in [0.15, 0.2) is 0 Å². The van der Waals surface area contributed by atoms with Gasteiger partial charge in [-0.15, -0.1) is 0 Å². The lowest BCUT2D eigenvalue weighted by molar-refractivity contribution is 0.233. The summed E-state index contributed by atoms with van der Waals surface area (Å²) >= 11 is 0. The van der Waals surface area contributed by atoms with Gasteiger partial charge in [-0.2, -0.15) is 0 Å². The first-order valence-corrected chi connectivity index (χ1v) is 4.95. The summed E-state index contributed by atoms with van der Waals surface area (Å²) < 4.78 is 0. The summed E-state index contributed by atoms with van der Waals surface area (Å²) in [6.07, 6.45) is 3.68. The minimum atomic E-state index is 0.235. The van der Waals surface area contributed by atoms with Crippen LogP contribution in [0.2, 0.25) is 0 Å². The van der Waals surface area contributed by atoms with Gasteiger partial charge in [-0.25, -0.2) is 0 Å². The van der Waals surface area contributed by atoms with Gasteiger partial charge < -0.3 is 10.4 Å². The summed E-state index contributed by atoms with van der Waals surface area (Å²) in [4.78, 5) is 4.07. The van der Waals surface area contributed by atoms with Crippen molar-refractivity contribution >= 4 is 0 Å². The van der Waals surface area contributed by atoms with E-state index in [2.05, 4.69) is 17.2 Å². The van der Waals surface area contributed by atoms with Gasteiger partial charge in [0, 0.05) is 32.1 Å². The quantitative estimate of drug-likeness (QED) is 0.738. The summed E-state index contributed by atoms with van der Waals surface area (Å²) in [5.74, 6) is 0.312. The van der Waals surface area contributed by atoms with Gasteiger partial charge in [0.05, 0.1) is 0 Å². The predicted molar refractivity (Wildman–Crippen MR) is 56.9 cm³/mol. The second-order valence-electron chi connectivity index (χ2n) is 3.72. The van der Waals surface area contributed by atoms with Crippen LogP contribution >= 0.6 is 0 Å². The van der Waals surface area contributed by atoms with Crippen LogP contribution in [0.1, 0.15) is 18.1 Å². The highest BCUT2D eigenvalue weighted by Crippen LogP contribution is 2.04. The lowest BCUT2D eigenvalue weighted by Gasteiger charge is -2.10. The molecule has 0 saturated carbocycles. The average Bonchev–Trinajstić information content (AvgIpc) is 2.20. The predicted octanol–water partition coefficient (Wildman–Crippen LogP) is 1.11. The van der Waals surface area contributed by atoms with Gasteiger partial charge in [-0.1, -0.05) is 6.92 Å². The second kappa shape index (κ2) is 5.73. The normalized spacial score (nSPS) is 12.8. The fourth-order valence-corrected chi connectivity index (χ4v) is 1.20. The van der Waals surface area contributed by atoms with Gasteiger partial charge in [-0.05, 0) is 30.0 Å². The monoisotopic (exact) mass is 194 g/mol. The van der Waals surface area contributed by atoms with Crippen LogP contribution in [0.25, 0.3) is 0 Å². The zero-order valence-corrected chi connectivity index (χ0v) is 8.83. The first kappa shape index (κ1) is 11.1. The zero-order chi connectivity index (χ0) is 10.4. The SMILES string of the molecule is Cc1ccncc1CNCC(C)CO. The van der Waals surface area contributed by atoms with Crippen molar-refractivity contribution in [2.45, 2.75) is 20.4 Å². The van der Waals surface area contributed by atoms with Gasteiger partial charge in [-0.3, -0.25) is 4.98 Å². The molecule has 1 heterocycles. The molecule has 0 radical (unpaired) electrons. The minimum absolute atomic E-state index is 0.235. The van der Waals surface area contributed by atoms with Crippen LogP contribution in [-0.2, 0) is 6.54 Å². The van der Waals surface area contributed by atoms with E-state index in [1.165, 1.54) is 11.1 Å². The van der Waals surface area contributed by atoms with Crippen molar-refractivity contribution in [3.05, 3.63) is 29.6 Å². The highest BCUT2D eigenvalue weighted by Gasteiger charge is 2.00. The largest absolute Gasteiger partial charge is 0.396 e. The van der Waals surface area contributed by atoms with Crippen LogP contribution in [0.15, 0.2) is 18.5 Å². The molecule has 0 fully saturated rings. The molecule has 0 spiro atoms. The number of aryl methyl sites for hydroxylation is 1. The summed E-state index contributed by atoms with van der Waals surface area (Å²) in [5.41, 5.74) is 2.47. The smallest absolute Gasteiger partial charge is 0.0468 e. The molecule has 0 amide bonds. The Morgan fingerprint density at radius 1 is 1.57 bits per heavy atom. The Labute approximate surface area is 85.2 Å². The number of pyridine rings is 1. The van der Waals surface area contributed by atoms with Gasteiger partial charge in [0.2, 0.25) is 0 Å². The lowest BCUT2D eigenvalue weighted by atomic mass is 10.1. The molecule has 14 heavy (non-hydrogen) atoms. The molecule has 1 aromatic heterocycles. The molecule has 1 aromatic rings. The molecule has 3 heteroatoms. The Kier molecular flexibility index (Phi) is 4.56. The van der Waals surface area contributed by atoms with Crippen molar-refractivity contribution in [2.75, 3.05) is 13.2 Å². The number of aliphatic hydroxyl groups is 1. The number of hydrogen-bond donors (Lipinski definition) is 2. The Bertz CT molecular complexity index is 276. The Morgan fingerprint density at radius 2 is 2.36 bits per heavy atom. The third kappa shape index (κ3) is 3.44. The van der Waals surface area contributed by atoms with Crippen molar-refractivity contribution in [1.29, 1.82) is 0 Å². The average molecular weight is 194 g/mol. The number of aromatic nitrogens is 1. The van der Waals surface area contributed by atoms with E-state index in [1.807, 2.05) is 19.2 Å². The molecule has 78 valence electrons. The van der Waals surface area contributed by atoms with E-state index in [-0.39, 0.29) is 6.61 Å². The third-order valence-electron chi connectivity index (χ3n) is 2.27. The molecule has 2 N–H and O–H groups in total. The number of nitrogens with one attached hydrogen (secondary N) is 1. The first-order valence-electron chi connectivity index (χ1n) is 4.95. The van der Waals surface area contributed by atoms with Crippen LogP contribution < -0.4 is 5.32 Å². The summed E-state index contributed by atoms with van der Waals surface area (Å²) in [6, 6.07) is 2.01. The number of nitrogens with zero attached hydrogens (tertiary/aromatic N) is 1. The molecule has 1 atom stereocenters. The number of rotatable bonds is 5. The molecule has 3 nitrogen and oxygen atoms in total. The van der Waals surface area contributed by atoms with Crippen LogP contribution in [0, 0.1) is 12.8 Å². The van der Waals surface area contributed by atoms with Crippen molar-refractivity contribution in [1.82, 2.24) is 10.3 Å². The highest BCUT2D eigenvalue weighted by atomic mass is 16.3. The van der Waals surface area contributed by atoms with Gasteiger partial charge in [0.25, 0.3) is 0 Å². The fourth-order valence-electron chi connectivity index (χ4n) is 1.20. The summed E-state index contributed by atoms with van der Waals surface area (Å²) in [5, 5.41) is 12.1. The molecular formula is C11H18N2O. The van der Waals surface area contributed by atoms with E-state index >= 15 is 0 Å². The number of hydrogen-bond acceptors (Lipinski definition) is 3. The van der Waals surface area contributed by atoms with E-state index in [4.69, 9.17) is 5.11 Å². The molecule has 0 aromatic carbocycles. The molecule has 1 rings (SSSR count). The lowest BCUT2D eigenvalue weighted by Crippen LogP contribution is -2.23. The maximum atomic E-state index is 8.83. The third-order valence-corrected chi connectivity index (χ3v) is 2.27. The molecule has 0 bridgehead atoms. The zero-order valence-electron chi connectivity index (χ0n) is 8.83. The Balaban J connectivity index is 2.35. The van der Waals surface area contributed by atoms with Gasteiger partial charge in [0.1, 0.15) is 0 Å². The van der Waals surface area contributed by atoms with Crippen LogP contribution in [0.5, 0.6) is 0 Å². The maximum Gasteiger partial charge on any atom is 0.0468 e. The fraction of sp³-hybridized carbons (Fsp3) is 0.545. The van der Waals surface area contributed by atoms with Crippen LogP contribution in [0.4, 0.5) is 0 Å². The topological polar surface area (TPSA) is 45.2 Å². The van der Waals surface area contributed by atoms with Crippen molar-refractivity contribution < 1.29 is 5.11 Å². The van der Waals surface area contributed by atoms with E-state index in [9.17, 15) is 0 Å². The Morgan fingerprint density at radius 3 is 3.00 bits per heavy atom. The molecule has 0 aliphatic heterocycles. The maximum absolute atomic E-state index is 8.83. The van der Waals surface area contributed by atoms with Crippen molar-refractivity contribution in [2.24, 2.45) is 5.92 Å². The minimum Gasteiger partial charge on any atom is -0.396 e. The molecule has 0 aliphatic rings. The summed E-state index contributed by atoms with van der Waals surface area (Å²) in [7, 11) is 0. The second-order valence-corrected chi connectivity index (χ2v) is 3.72. The van der Waals surface area contributed by atoms with Crippen molar-refractivity contribution in [3.8, 4) is 0 Å². The van der Waals surface area contributed by atoms with Crippen LogP contribution in [-0.4, -0.2) is 23.2 Å². The van der Waals surface area contributed by atoms with Crippen molar-refractivity contribution in [3.63, 3.8) is 0 Å². The van der Waals surface area contributed by atoms with Gasteiger partial charge >= 0.3 is 0 Å². The van der Waals surface area contributed by atoms with Crippen LogP contribution in [0.3, 0.4) is 0 Å². The summed E-state index contributed by atoms with van der Waals surface area (Å²) in [6.45, 7) is 5.99. The molecule has 1 unspecified atom stereocenters. The number of aliphatic hydroxyl groups excluding tert-OH is 1. The molecular weight excluding hydrogens is 176 g/mol. The van der Waals surface area contributed by atoms with E-state index in [0.29, 0.717) is 5.92 Å². The first-order chi connectivity index (χ1) is 6.74. The van der Waals surface area contributed by atoms with E-state index in [1.54, 1.807) is 6.20 Å². The standard InChI is InChI=1S/C11H18N2O/c1-9(8-14)5-13-7-11-6-12-4-3-10(11)2/h3-4,6,9,13-14H,5,7-8H2,1-2H3. The Hall–Kier alpha value is -0.930. The molecule has 0 aliphatic carbocycles.